The van der Waals surface area contributed by atoms with E-state index in [9.17, 15) is 0 Å². The zero-order chi connectivity index (χ0) is 13.4. The summed E-state index contributed by atoms with van der Waals surface area (Å²) in [6.45, 7) is 8.33. The molecule has 1 N–H and O–H groups in total. The summed E-state index contributed by atoms with van der Waals surface area (Å²) in [5, 5.41) is 3.91. The van der Waals surface area contributed by atoms with Crippen LogP contribution in [0.1, 0.15) is 19.5 Å². The standard InChI is InChI=1S/C13H22ClN3O/c1-4-15-13-7-6-11(14)12(16-13)10-17(5-2)8-9-18-3/h6-7H,4-5,8-10H2,1-3H3,(H,15,16). The van der Waals surface area contributed by atoms with Gasteiger partial charge in [-0.2, -0.15) is 0 Å². The van der Waals surface area contributed by atoms with E-state index in [1.54, 1.807) is 7.11 Å². The maximum Gasteiger partial charge on any atom is 0.126 e. The number of nitrogens with one attached hydrogen (secondary N) is 1. The van der Waals surface area contributed by atoms with Gasteiger partial charge in [0.05, 0.1) is 17.3 Å². The summed E-state index contributed by atoms with van der Waals surface area (Å²) in [5.41, 5.74) is 0.910. The number of hydrogen-bond acceptors (Lipinski definition) is 4. The van der Waals surface area contributed by atoms with Crippen molar-refractivity contribution in [1.82, 2.24) is 9.88 Å². The van der Waals surface area contributed by atoms with Crippen LogP contribution >= 0.6 is 11.6 Å². The van der Waals surface area contributed by atoms with Gasteiger partial charge in [-0.1, -0.05) is 18.5 Å². The van der Waals surface area contributed by atoms with Crippen LogP contribution in [0.25, 0.3) is 0 Å². The second-order valence-electron chi connectivity index (χ2n) is 4.02. The molecule has 1 aromatic heterocycles. The second kappa shape index (κ2) is 8.29. The lowest BCUT2D eigenvalue weighted by atomic mass is 10.3. The average Bonchev–Trinajstić information content (AvgIpc) is 2.38. The summed E-state index contributed by atoms with van der Waals surface area (Å²) in [7, 11) is 1.71. The molecule has 1 rings (SSSR count). The maximum absolute atomic E-state index is 6.18. The molecule has 0 spiro atoms. The van der Waals surface area contributed by atoms with E-state index in [1.165, 1.54) is 0 Å². The van der Waals surface area contributed by atoms with Crippen molar-refractivity contribution in [2.75, 3.05) is 38.7 Å². The molecule has 0 amide bonds. The SMILES string of the molecule is CCNc1ccc(Cl)c(CN(CC)CCOC)n1. The molecule has 0 saturated carbocycles. The average molecular weight is 272 g/mol. The van der Waals surface area contributed by atoms with Gasteiger partial charge in [0.15, 0.2) is 0 Å². The van der Waals surface area contributed by atoms with Gasteiger partial charge < -0.3 is 10.1 Å². The fourth-order valence-corrected chi connectivity index (χ4v) is 1.82. The monoisotopic (exact) mass is 271 g/mol. The molecule has 1 aromatic rings. The van der Waals surface area contributed by atoms with Gasteiger partial charge in [-0.3, -0.25) is 4.90 Å². The first-order valence-corrected chi connectivity index (χ1v) is 6.69. The first-order valence-electron chi connectivity index (χ1n) is 6.31. The Balaban J connectivity index is 2.71. The number of anilines is 1. The number of halogens is 1. The number of nitrogens with zero attached hydrogens (tertiary/aromatic N) is 2. The van der Waals surface area contributed by atoms with Crippen molar-refractivity contribution in [3.63, 3.8) is 0 Å². The Morgan fingerprint density at radius 3 is 2.78 bits per heavy atom. The van der Waals surface area contributed by atoms with Gasteiger partial charge in [-0.05, 0) is 25.6 Å². The van der Waals surface area contributed by atoms with Crippen LogP contribution in [-0.4, -0.2) is 43.2 Å². The predicted octanol–water partition coefficient (Wildman–Crippen LogP) is 2.64. The molecule has 0 radical (unpaired) electrons. The molecule has 0 aliphatic carbocycles. The van der Waals surface area contributed by atoms with Crippen molar-refractivity contribution in [1.29, 1.82) is 0 Å². The van der Waals surface area contributed by atoms with E-state index in [-0.39, 0.29) is 0 Å². The van der Waals surface area contributed by atoms with E-state index in [0.717, 1.165) is 44.3 Å². The number of likely N-dealkylation sites (N-methyl/N-ethyl adjacent to an activating group) is 1. The highest BCUT2D eigenvalue weighted by molar-refractivity contribution is 6.31. The van der Waals surface area contributed by atoms with Crippen molar-refractivity contribution in [2.24, 2.45) is 0 Å². The fourth-order valence-electron chi connectivity index (χ4n) is 1.66. The van der Waals surface area contributed by atoms with Gasteiger partial charge in [-0.25, -0.2) is 4.98 Å². The molecule has 4 nitrogen and oxygen atoms in total. The minimum absolute atomic E-state index is 0.715. The van der Waals surface area contributed by atoms with E-state index >= 15 is 0 Å². The molecular formula is C13H22ClN3O. The van der Waals surface area contributed by atoms with E-state index in [0.29, 0.717) is 5.02 Å². The van der Waals surface area contributed by atoms with Gasteiger partial charge in [-0.15, -0.1) is 0 Å². The van der Waals surface area contributed by atoms with Crippen molar-refractivity contribution >= 4 is 17.4 Å². The van der Waals surface area contributed by atoms with Crippen LogP contribution < -0.4 is 5.32 Å². The lowest BCUT2D eigenvalue weighted by Gasteiger charge is -2.20. The van der Waals surface area contributed by atoms with Gasteiger partial charge in [0.2, 0.25) is 0 Å². The van der Waals surface area contributed by atoms with E-state index in [1.807, 2.05) is 19.1 Å². The number of ether oxygens (including phenoxy) is 1. The summed E-state index contributed by atoms with van der Waals surface area (Å²) in [5.74, 6) is 0.875. The van der Waals surface area contributed by atoms with Crippen molar-refractivity contribution in [3.05, 3.63) is 22.8 Å². The molecule has 0 atom stereocenters. The summed E-state index contributed by atoms with van der Waals surface area (Å²) in [6, 6.07) is 3.80. The highest BCUT2D eigenvalue weighted by atomic mass is 35.5. The lowest BCUT2D eigenvalue weighted by Crippen LogP contribution is -2.27. The second-order valence-corrected chi connectivity index (χ2v) is 4.42. The first kappa shape index (κ1) is 15.2. The summed E-state index contributed by atoms with van der Waals surface area (Å²) < 4.78 is 5.10. The van der Waals surface area contributed by atoms with Crippen LogP contribution in [0.4, 0.5) is 5.82 Å². The number of rotatable bonds is 8. The zero-order valence-electron chi connectivity index (χ0n) is 11.4. The van der Waals surface area contributed by atoms with Crippen LogP contribution in [0.5, 0.6) is 0 Å². The van der Waals surface area contributed by atoms with E-state index < -0.39 is 0 Å². The highest BCUT2D eigenvalue weighted by Crippen LogP contribution is 2.18. The van der Waals surface area contributed by atoms with Gasteiger partial charge in [0, 0.05) is 26.7 Å². The van der Waals surface area contributed by atoms with E-state index in [2.05, 4.69) is 22.1 Å². The quantitative estimate of drug-likeness (QED) is 0.789. The number of methoxy groups -OCH3 is 1. The molecule has 0 aliphatic rings. The van der Waals surface area contributed by atoms with Gasteiger partial charge in [0.1, 0.15) is 5.82 Å². The molecule has 0 bridgehead atoms. The number of pyridine rings is 1. The summed E-state index contributed by atoms with van der Waals surface area (Å²) in [6.07, 6.45) is 0. The third-order valence-corrected chi connectivity index (χ3v) is 3.05. The van der Waals surface area contributed by atoms with Crippen LogP contribution in [0.3, 0.4) is 0 Å². The van der Waals surface area contributed by atoms with Crippen LogP contribution in [0.2, 0.25) is 5.02 Å². The Hall–Kier alpha value is -0.840. The first-order chi connectivity index (χ1) is 8.71. The predicted molar refractivity (Wildman–Crippen MR) is 76.2 cm³/mol. The molecule has 5 heteroatoms. The minimum Gasteiger partial charge on any atom is -0.383 e. The van der Waals surface area contributed by atoms with Crippen molar-refractivity contribution in [2.45, 2.75) is 20.4 Å². The molecule has 102 valence electrons. The van der Waals surface area contributed by atoms with Gasteiger partial charge >= 0.3 is 0 Å². The molecule has 18 heavy (non-hydrogen) atoms. The third kappa shape index (κ3) is 4.80. The van der Waals surface area contributed by atoms with Crippen molar-refractivity contribution < 1.29 is 4.74 Å². The molecule has 0 saturated heterocycles. The number of aromatic nitrogens is 1. The molecule has 0 aliphatic heterocycles. The van der Waals surface area contributed by atoms with Crippen molar-refractivity contribution in [3.8, 4) is 0 Å². The molecule has 0 unspecified atom stereocenters. The highest BCUT2D eigenvalue weighted by Gasteiger charge is 2.09. The van der Waals surface area contributed by atoms with Crippen LogP contribution in [0.15, 0.2) is 12.1 Å². The topological polar surface area (TPSA) is 37.4 Å². The summed E-state index contributed by atoms with van der Waals surface area (Å²) >= 11 is 6.18. The molecule has 0 aromatic carbocycles. The van der Waals surface area contributed by atoms with Crippen LogP contribution in [-0.2, 0) is 11.3 Å². The van der Waals surface area contributed by atoms with Gasteiger partial charge in [0.25, 0.3) is 0 Å². The molecule has 0 fully saturated rings. The smallest absolute Gasteiger partial charge is 0.126 e. The zero-order valence-corrected chi connectivity index (χ0v) is 12.1. The Kier molecular flexibility index (Phi) is 7.01. The normalized spacial score (nSPS) is 10.9. The minimum atomic E-state index is 0.715. The Morgan fingerprint density at radius 2 is 2.17 bits per heavy atom. The Labute approximate surface area is 114 Å². The maximum atomic E-state index is 6.18. The Bertz CT molecular complexity index is 360. The van der Waals surface area contributed by atoms with Crippen LogP contribution in [0, 0.1) is 0 Å². The molecule has 1 heterocycles. The summed E-state index contributed by atoms with van der Waals surface area (Å²) in [4.78, 5) is 6.79. The van der Waals surface area contributed by atoms with E-state index in [4.69, 9.17) is 16.3 Å². The largest absolute Gasteiger partial charge is 0.383 e. The Morgan fingerprint density at radius 1 is 1.39 bits per heavy atom. The third-order valence-electron chi connectivity index (χ3n) is 2.71. The number of hydrogen-bond donors (Lipinski definition) is 1. The lowest BCUT2D eigenvalue weighted by molar-refractivity contribution is 0.147. The molecular weight excluding hydrogens is 250 g/mol. The fraction of sp³-hybridized carbons (Fsp3) is 0.615.